The van der Waals surface area contributed by atoms with Gasteiger partial charge in [-0.2, -0.15) is 0 Å². The van der Waals surface area contributed by atoms with E-state index < -0.39 is 0 Å². The molecule has 0 aliphatic rings. The van der Waals surface area contributed by atoms with Gasteiger partial charge in [-0.1, -0.05) is 194 Å². The molecule has 0 fully saturated rings. The van der Waals surface area contributed by atoms with Gasteiger partial charge >= 0.3 is 0 Å². The van der Waals surface area contributed by atoms with Crippen LogP contribution in [0.1, 0.15) is 0 Å². The molecule has 0 aromatic heterocycles. The molecule has 0 heterocycles. The Morgan fingerprint density at radius 1 is 0.228 bits per heavy atom. The molecule has 0 aliphatic heterocycles. The Labute approximate surface area is 334 Å². The molecule has 0 unspecified atom stereocenters. The minimum Gasteiger partial charge on any atom is -0.311 e. The maximum absolute atomic E-state index is 2.33. The zero-order valence-electron chi connectivity index (χ0n) is 31.5. The van der Waals surface area contributed by atoms with Gasteiger partial charge in [0.25, 0.3) is 0 Å². The first kappa shape index (κ1) is 34.0. The number of anilines is 3. The van der Waals surface area contributed by atoms with Crippen molar-refractivity contribution >= 4 is 38.6 Å². The minimum atomic E-state index is 1.11. The maximum atomic E-state index is 2.33. The predicted molar refractivity (Wildman–Crippen MR) is 243 cm³/mol. The van der Waals surface area contributed by atoms with Crippen molar-refractivity contribution in [3.63, 3.8) is 0 Å². The van der Waals surface area contributed by atoms with Gasteiger partial charge in [-0.05, 0) is 120 Å². The third kappa shape index (κ3) is 6.77. The summed E-state index contributed by atoms with van der Waals surface area (Å²) < 4.78 is 0. The highest BCUT2D eigenvalue weighted by Gasteiger charge is 2.15. The van der Waals surface area contributed by atoms with Gasteiger partial charge in [0.2, 0.25) is 0 Å². The van der Waals surface area contributed by atoms with Gasteiger partial charge in [-0.25, -0.2) is 0 Å². The van der Waals surface area contributed by atoms with Crippen LogP contribution in [0.3, 0.4) is 0 Å². The summed E-state index contributed by atoms with van der Waals surface area (Å²) in [4.78, 5) is 2.32. The smallest absolute Gasteiger partial charge is 0.0462 e. The van der Waals surface area contributed by atoms with E-state index in [9.17, 15) is 0 Å². The van der Waals surface area contributed by atoms with Crippen LogP contribution < -0.4 is 4.90 Å². The first-order chi connectivity index (χ1) is 28.2. The average Bonchev–Trinajstić information content (AvgIpc) is 3.30. The highest BCUT2D eigenvalue weighted by molar-refractivity contribution is 6.05. The lowest BCUT2D eigenvalue weighted by molar-refractivity contribution is 1.28. The number of rotatable bonds is 8. The van der Waals surface area contributed by atoms with Crippen LogP contribution in [0.5, 0.6) is 0 Å². The Balaban J connectivity index is 0.942. The highest BCUT2D eigenvalue weighted by atomic mass is 15.1. The third-order valence-electron chi connectivity index (χ3n) is 11.1. The zero-order chi connectivity index (χ0) is 38.0. The Kier molecular flexibility index (Phi) is 8.95. The lowest BCUT2D eigenvalue weighted by atomic mass is 9.88. The second kappa shape index (κ2) is 15.0. The largest absolute Gasteiger partial charge is 0.311 e. The van der Waals surface area contributed by atoms with E-state index in [2.05, 4.69) is 241 Å². The molecule has 268 valence electrons. The molecule has 1 nitrogen and oxygen atoms in total. The van der Waals surface area contributed by atoms with Gasteiger partial charge in [-0.3, -0.25) is 0 Å². The van der Waals surface area contributed by atoms with E-state index in [-0.39, 0.29) is 0 Å². The van der Waals surface area contributed by atoms with Crippen LogP contribution in [0.15, 0.2) is 237 Å². The number of hydrogen-bond acceptors (Lipinski definition) is 1. The van der Waals surface area contributed by atoms with Crippen molar-refractivity contribution in [3.8, 4) is 55.6 Å². The Morgan fingerprint density at radius 2 is 0.614 bits per heavy atom. The molecule has 0 amide bonds. The lowest BCUT2D eigenvalue weighted by Crippen LogP contribution is -2.09. The Hall–Kier alpha value is -7.48. The van der Waals surface area contributed by atoms with Crippen molar-refractivity contribution in [2.24, 2.45) is 0 Å². The van der Waals surface area contributed by atoms with Gasteiger partial charge in [0.1, 0.15) is 0 Å². The van der Waals surface area contributed by atoms with E-state index in [1.54, 1.807) is 0 Å². The van der Waals surface area contributed by atoms with Crippen LogP contribution in [0.25, 0.3) is 77.2 Å². The van der Waals surface area contributed by atoms with Crippen molar-refractivity contribution in [3.05, 3.63) is 237 Å². The Bertz CT molecular complexity index is 2950. The molecule has 10 rings (SSSR count). The molecular weight excluding hydrogens is 687 g/mol. The fourth-order valence-electron chi connectivity index (χ4n) is 8.13. The van der Waals surface area contributed by atoms with Crippen molar-refractivity contribution in [1.82, 2.24) is 0 Å². The summed E-state index contributed by atoms with van der Waals surface area (Å²) >= 11 is 0. The molecule has 10 aromatic rings. The monoisotopic (exact) mass is 725 g/mol. The quantitative estimate of drug-likeness (QED) is 0.151. The molecular formula is C56H39N. The van der Waals surface area contributed by atoms with Crippen LogP contribution in [-0.2, 0) is 0 Å². The number of para-hydroxylation sites is 1. The summed E-state index contributed by atoms with van der Waals surface area (Å²) in [7, 11) is 0. The molecule has 0 bridgehead atoms. The predicted octanol–water partition coefficient (Wildman–Crippen LogP) is 15.8. The average molecular weight is 726 g/mol. The highest BCUT2D eigenvalue weighted by Crippen LogP contribution is 2.41. The van der Waals surface area contributed by atoms with Gasteiger partial charge < -0.3 is 4.90 Å². The molecule has 0 saturated heterocycles. The molecule has 0 N–H and O–H groups in total. The number of nitrogens with zero attached hydrogens (tertiary/aromatic N) is 1. The van der Waals surface area contributed by atoms with E-state index in [1.165, 1.54) is 77.2 Å². The SMILES string of the molecule is c1ccc(-c2ccc(-c3ccc(N(c4ccccc4)c4ccc(-c5ccc(-c6ccc7ccccc7c6-c6ccc7ccccc7c6)cc5)cc4)cc3)cc2)cc1. The minimum absolute atomic E-state index is 1.11. The maximum Gasteiger partial charge on any atom is 0.0462 e. The van der Waals surface area contributed by atoms with Crippen molar-refractivity contribution < 1.29 is 0 Å². The first-order valence-corrected chi connectivity index (χ1v) is 19.6. The fraction of sp³-hybridized carbons (Fsp3) is 0. The summed E-state index contributed by atoms with van der Waals surface area (Å²) in [5.74, 6) is 0. The third-order valence-corrected chi connectivity index (χ3v) is 11.1. The summed E-state index contributed by atoms with van der Waals surface area (Å²) in [6.07, 6.45) is 0. The molecule has 0 atom stereocenters. The molecule has 0 spiro atoms. The van der Waals surface area contributed by atoms with E-state index in [1.807, 2.05) is 0 Å². The second-order valence-electron chi connectivity index (χ2n) is 14.6. The molecule has 0 aliphatic carbocycles. The number of hydrogen-bond donors (Lipinski definition) is 0. The van der Waals surface area contributed by atoms with Gasteiger partial charge in [-0.15, -0.1) is 0 Å². The molecule has 1 heteroatoms. The number of fused-ring (bicyclic) bond motifs is 2. The summed E-state index contributed by atoms with van der Waals surface area (Å²) in [5.41, 5.74) is 15.5. The van der Waals surface area contributed by atoms with Crippen LogP contribution >= 0.6 is 0 Å². The van der Waals surface area contributed by atoms with Crippen LogP contribution in [0, 0.1) is 0 Å². The lowest BCUT2D eigenvalue weighted by Gasteiger charge is -2.26. The van der Waals surface area contributed by atoms with Crippen molar-refractivity contribution in [2.75, 3.05) is 4.90 Å². The molecule has 0 saturated carbocycles. The fourth-order valence-corrected chi connectivity index (χ4v) is 8.13. The number of benzene rings is 10. The van der Waals surface area contributed by atoms with Crippen LogP contribution in [0.4, 0.5) is 17.1 Å². The Morgan fingerprint density at radius 3 is 1.19 bits per heavy atom. The van der Waals surface area contributed by atoms with E-state index >= 15 is 0 Å². The van der Waals surface area contributed by atoms with Crippen molar-refractivity contribution in [1.29, 1.82) is 0 Å². The molecule has 57 heavy (non-hydrogen) atoms. The van der Waals surface area contributed by atoms with E-state index in [0.717, 1.165) is 17.1 Å². The van der Waals surface area contributed by atoms with E-state index in [4.69, 9.17) is 0 Å². The van der Waals surface area contributed by atoms with Crippen LogP contribution in [-0.4, -0.2) is 0 Å². The van der Waals surface area contributed by atoms with Crippen LogP contribution in [0.2, 0.25) is 0 Å². The zero-order valence-corrected chi connectivity index (χ0v) is 31.5. The second-order valence-corrected chi connectivity index (χ2v) is 14.6. The van der Waals surface area contributed by atoms with Gasteiger partial charge in [0, 0.05) is 17.1 Å². The molecule has 10 aromatic carbocycles. The van der Waals surface area contributed by atoms with E-state index in [0.29, 0.717) is 0 Å². The first-order valence-electron chi connectivity index (χ1n) is 19.6. The molecule has 0 radical (unpaired) electrons. The summed E-state index contributed by atoms with van der Waals surface area (Å²) in [5, 5.41) is 5.01. The topological polar surface area (TPSA) is 3.24 Å². The summed E-state index contributed by atoms with van der Waals surface area (Å²) in [6, 6.07) is 85.5. The van der Waals surface area contributed by atoms with Gasteiger partial charge in [0.05, 0.1) is 0 Å². The standard InChI is InChI=1S/C56H39N/c1-3-11-40(12-4-1)42-19-21-43(22-20-42)45-29-34-52(35-30-45)57(51-16-5-2-6-17-51)53-36-31-46(32-37-53)44-23-26-48(27-24-44)55-38-33-47-14-9-10-18-54(47)56(55)50-28-25-41-13-7-8-15-49(41)39-50/h1-39H. The summed E-state index contributed by atoms with van der Waals surface area (Å²) in [6.45, 7) is 0. The van der Waals surface area contributed by atoms with Gasteiger partial charge in [0.15, 0.2) is 0 Å². The normalized spacial score (nSPS) is 11.2. The van der Waals surface area contributed by atoms with Crippen molar-refractivity contribution in [2.45, 2.75) is 0 Å².